The van der Waals surface area contributed by atoms with Gasteiger partial charge in [0.15, 0.2) is 0 Å². The number of hydrogen-bond donors (Lipinski definition) is 3. The normalized spacial score (nSPS) is 14.1. The minimum atomic E-state index is -0.148. The Morgan fingerprint density at radius 1 is 0.900 bits per heavy atom. The number of hydrogen-bond acceptors (Lipinski definition) is 3. The summed E-state index contributed by atoms with van der Waals surface area (Å²) < 4.78 is 0.941. The Balaban J connectivity index is 1.34. The molecule has 1 saturated heterocycles. The molecule has 2 aromatic rings. The molecule has 0 unspecified atom stereocenters. The van der Waals surface area contributed by atoms with Crippen LogP contribution in [0.3, 0.4) is 0 Å². The van der Waals surface area contributed by atoms with E-state index >= 15 is 0 Å². The van der Waals surface area contributed by atoms with Gasteiger partial charge in [-0.05, 0) is 49.2 Å². The number of urea groups is 1. The molecule has 1 aliphatic heterocycles. The van der Waals surface area contributed by atoms with E-state index in [9.17, 15) is 14.4 Å². The van der Waals surface area contributed by atoms with E-state index in [0.29, 0.717) is 25.9 Å². The average Bonchev–Trinajstić information content (AvgIpc) is 2.76. The largest absolute Gasteiger partial charge is 0.355 e. The molecular formula is C22H25BrN4O3. The van der Waals surface area contributed by atoms with Gasteiger partial charge in [-0.25, -0.2) is 4.79 Å². The predicted molar refractivity (Wildman–Crippen MR) is 120 cm³/mol. The van der Waals surface area contributed by atoms with Crippen molar-refractivity contribution in [2.24, 2.45) is 5.92 Å². The number of carbonyl (C=O) groups is 3. The number of nitrogens with one attached hydrogen (secondary N) is 3. The zero-order valence-electron chi connectivity index (χ0n) is 16.6. The second kappa shape index (κ2) is 10.8. The van der Waals surface area contributed by atoms with Crippen molar-refractivity contribution >= 4 is 45.2 Å². The highest BCUT2D eigenvalue weighted by Gasteiger charge is 2.27. The van der Waals surface area contributed by atoms with E-state index in [1.54, 1.807) is 4.90 Å². The minimum Gasteiger partial charge on any atom is -0.355 e. The Morgan fingerprint density at radius 3 is 2.20 bits per heavy atom. The topological polar surface area (TPSA) is 90.5 Å². The lowest BCUT2D eigenvalue weighted by atomic mass is 9.96. The smallest absolute Gasteiger partial charge is 0.321 e. The molecule has 1 heterocycles. The fraction of sp³-hybridized carbons (Fsp3) is 0.318. The van der Waals surface area contributed by atoms with Gasteiger partial charge >= 0.3 is 6.03 Å². The number of benzene rings is 2. The lowest BCUT2D eigenvalue weighted by Gasteiger charge is -2.31. The Bertz CT molecular complexity index is 866. The van der Waals surface area contributed by atoms with Gasteiger partial charge in [-0.2, -0.15) is 0 Å². The van der Waals surface area contributed by atoms with Gasteiger partial charge in [-0.1, -0.05) is 34.1 Å². The molecular weight excluding hydrogens is 448 g/mol. The number of halogens is 1. The van der Waals surface area contributed by atoms with Crippen LogP contribution in [-0.2, 0) is 9.59 Å². The zero-order chi connectivity index (χ0) is 21.3. The first kappa shape index (κ1) is 21.8. The summed E-state index contributed by atoms with van der Waals surface area (Å²) >= 11 is 3.35. The molecule has 0 saturated carbocycles. The predicted octanol–water partition coefficient (Wildman–Crippen LogP) is 3.84. The van der Waals surface area contributed by atoms with Crippen molar-refractivity contribution in [3.63, 3.8) is 0 Å². The van der Waals surface area contributed by atoms with Crippen molar-refractivity contribution < 1.29 is 14.4 Å². The Kier molecular flexibility index (Phi) is 7.84. The molecule has 2 aromatic carbocycles. The number of carbonyl (C=O) groups excluding carboxylic acids is 3. The average molecular weight is 473 g/mol. The fourth-order valence-corrected chi connectivity index (χ4v) is 3.53. The van der Waals surface area contributed by atoms with Crippen molar-refractivity contribution in [3.8, 4) is 0 Å². The van der Waals surface area contributed by atoms with Crippen LogP contribution in [0.2, 0.25) is 0 Å². The molecule has 8 heteroatoms. The van der Waals surface area contributed by atoms with Gasteiger partial charge in [0, 0.05) is 47.8 Å². The molecule has 1 fully saturated rings. The minimum absolute atomic E-state index is 0.0606. The molecule has 0 aromatic heterocycles. The summed E-state index contributed by atoms with van der Waals surface area (Å²) in [6.07, 6.45) is 1.43. The SMILES string of the molecule is O=C(CCNC(=O)C1CCN(C(=O)Nc2ccccc2)CC1)Nc1ccc(Br)cc1. The highest BCUT2D eigenvalue weighted by molar-refractivity contribution is 9.10. The highest BCUT2D eigenvalue weighted by atomic mass is 79.9. The molecule has 30 heavy (non-hydrogen) atoms. The van der Waals surface area contributed by atoms with Crippen LogP contribution < -0.4 is 16.0 Å². The number of para-hydroxylation sites is 1. The number of nitrogens with zero attached hydrogens (tertiary/aromatic N) is 1. The number of rotatable bonds is 6. The summed E-state index contributed by atoms with van der Waals surface area (Å²) in [5.74, 6) is -0.347. The maximum atomic E-state index is 12.4. The third kappa shape index (κ3) is 6.59. The van der Waals surface area contributed by atoms with E-state index < -0.39 is 0 Å². The Hall–Kier alpha value is -2.87. The van der Waals surface area contributed by atoms with Crippen molar-refractivity contribution in [1.29, 1.82) is 0 Å². The number of piperidine rings is 1. The van der Waals surface area contributed by atoms with Crippen LogP contribution in [-0.4, -0.2) is 42.4 Å². The molecule has 0 radical (unpaired) electrons. The molecule has 4 amide bonds. The van der Waals surface area contributed by atoms with Crippen LogP contribution in [0.15, 0.2) is 59.1 Å². The van der Waals surface area contributed by atoms with Crippen molar-refractivity contribution in [2.45, 2.75) is 19.3 Å². The first-order valence-electron chi connectivity index (χ1n) is 9.95. The van der Waals surface area contributed by atoms with Gasteiger partial charge in [-0.3, -0.25) is 9.59 Å². The molecule has 0 spiro atoms. The van der Waals surface area contributed by atoms with Crippen molar-refractivity contribution in [2.75, 3.05) is 30.3 Å². The van der Waals surface area contributed by atoms with Crippen molar-refractivity contribution in [3.05, 3.63) is 59.1 Å². The maximum Gasteiger partial charge on any atom is 0.321 e. The van der Waals surface area contributed by atoms with Crippen molar-refractivity contribution in [1.82, 2.24) is 10.2 Å². The van der Waals surface area contributed by atoms with Crippen LogP contribution in [0.4, 0.5) is 16.2 Å². The lowest BCUT2D eigenvalue weighted by molar-refractivity contribution is -0.126. The summed E-state index contributed by atoms with van der Waals surface area (Å²) in [6, 6.07) is 16.5. The van der Waals surface area contributed by atoms with E-state index in [1.165, 1.54) is 0 Å². The van der Waals surface area contributed by atoms with E-state index in [-0.39, 0.29) is 36.7 Å². The molecule has 0 aliphatic carbocycles. The molecule has 158 valence electrons. The molecule has 3 N–H and O–H groups in total. The van der Waals surface area contributed by atoms with Crippen LogP contribution >= 0.6 is 15.9 Å². The molecule has 7 nitrogen and oxygen atoms in total. The summed E-state index contributed by atoms with van der Waals surface area (Å²) in [5.41, 5.74) is 1.47. The maximum absolute atomic E-state index is 12.4. The van der Waals surface area contributed by atoms with Gasteiger partial charge in [-0.15, -0.1) is 0 Å². The van der Waals surface area contributed by atoms with Crippen LogP contribution in [0.1, 0.15) is 19.3 Å². The third-order valence-corrected chi connectivity index (χ3v) is 5.49. The van der Waals surface area contributed by atoms with Gasteiger partial charge in [0.1, 0.15) is 0 Å². The molecule has 0 bridgehead atoms. The van der Waals surface area contributed by atoms with Gasteiger partial charge in [0.2, 0.25) is 11.8 Å². The second-order valence-corrected chi connectivity index (χ2v) is 8.07. The summed E-state index contributed by atoms with van der Waals surface area (Å²) in [5, 5.41) is 8.50. The Labute approximate surface area is 184 Å². The number of amides is 4. The number of anilines is 2. The van der Waals surface area contributed by atoms with Crippen LogP contribution in [0.5, 0.6) is 0 Å². The summed E-state index contributed by atoms with van der Waals surface area (Å²) in [6.45, 7) is 1.34. The van der Waals surface area contributed by atoms with E-state index in [0.717, 1.165) is 15.8 Å². The third-order valence-electron chi connectivity index (χ3n) is 4.96. The highest BCUT2D eigenvalue weighted by Crippen LogP contribution is 2.19. The zero-order valence-corrected chi connectivity index (χ0v) is 18.2. The second-order valence-electron chi connectivity index (χ2n) is 7.15. The molecule has 3 rings (SSSR count). The van der Waals surface area contributed by atoms with E-state index in [1.807, 2.05) is 54.6 Å². The molecule has 0 atom stereocenters. The Morgan fingerprint density at radius 2 is 1.53 bits per heavy atom. The van der Waals surface area contributed by atoms with Crippen LogP contribution in [0, 0.1) is 5.92 Å². The molecule has 1 aliphatic rings. The van der Waals surface area contributed by atoms with Gasteiger partial charge in [0.25, 0.3) is 0 Å². The lowest BCUT2D eigenvalue weighted by Crippen LogP contribution is -2.44. The first-order valence-corrected chi connectivity index (χ1v) is 10.7. The standard InChI is InChI=1S/C22H25BrN4O3/c23-17-6-8-19(9-7-17)25-20(28)10-13-24-21(29)16-11-14-27(15-12-16)22(30)26-18-4-2-1-3-5-18/h1-9,16H,10-15H2,(H,24,29)(H,25,28)(H,26,30). The van der Waals surface area contributed by atoms with E-state index in [2.05, 4.69) is 31.9 Å². The van der Waals surface area contributed by atoms with E-state index in [4.69, 9.17) is 0 Å². The van der Waals surface area contributed by atoms with Gasteiger partial charge in [0.05, 0.1) is 0 Å². The monoisotopic (exact) mass is 472 g/mol. The quantitative estimate of drug-likeness (QED) is 0.596. The van der Waals surface area contributed by atoms with Crippen LogP contribution in [0.25, 0.3) is 0 Å². The first-order chi connectivity index (χ1) is 14.5. The fourth-order valence-electron chi connectivity index (χ4n) is 3.27. The summed E-state index contributed by atoms with van der Waals surface area (Å²) in [7, 11) is 0. The number of likely N-dealkylation sites (tertiary alicyclic amines) is 1. The van der Waals surface area contributed by atoms with Gasteiger partial charge < -0.3 is 20.9 Å². The summed E-state index contributed by atoms with van der Waals surface area (Å²) in [4.78, 5) is 38.4.